The molecule has 1 aliphatic rings. The van der Waals surface area contributed by atoms with E-state index >= 15 is 0 Å². The smallest absolute Gasteiger partial charge is 0.338 e. The van der Waals surface area contributed by atoms with E-state index in [0.29, 0.717) is 12.8 Å². The second-order valence-corrected chi connectivity index (χ2v) is 7.90. The minimum atomic E-state index is -4.02. The maximum absolute atomic E-state index is 13.9. The number of benzene rings is 2. The SMILES string of the molecule is Cc1cc(S(=O)(=O)NC2CCc3ccccc3OC2)cc(C(=O)O)c1F. The van der Waals surface area contributed by atoms with Crippen molar-refractivity contribution < 1.29 is 27.4 Å². The molecular weight excluding hydrogens is 361 g/mol. The predicted octanol–water partition coefficient (Wildman–Crippen LogP) is 2.50. The Morgan fingerprint density at radius 3 is 2.77 bits per heavy atom. The first-order valence-electron chi connectivity index (χ1n) is 8.04. The van der Waals surface area contributed by atoms with E-state index < -0.39 is 33.4 Å². The zero-order chi connectivity index (χ0) is 18.9. The fourth-order valence-corrected chi connectivity index (χ4v) is 4.25. The molecule has 138 valence electrons. The standard InChI is InChI=1S/C18H18FNO5S/c1-11-8-14(9-15(17(11)19)18(21)22)26(23,24)20-13-7-6-12-4-2-3-5-16(12)25-10-13/h2-5,8-9,13,20H,6-7,10H2,1H3,(H,21,22). The van der Waals surface area contributed by atoms with Crippen molar-refractivity contribution in [3.63, 3.8) is 0 Å². The molecule has 26 heavy (non-hydrogen) atoms. The molecule has 0 aliphatic carbocycles. The van der Waals surface area contributed by atoms with Crippen LogP contribution in [0.15, 0.2) is 41.3 Å². The average Bonchev–Trinajstić information content (AvgIpc) is 2.79. The Labute approximate surface area is 150 Å². The molecule has 0 amide bonds. The van der Waals surface area contributed by atoms with Crippen LogP contribution in [-0.4, -0.2) is 32.1 Å². The van der Waals surface area contributed by atoms with Gasteiger partial charge in [-0.3, -0.25) is 0 Å². The Balaban J connectivity index is 1.83. The lowest BCUT2D eigenvalue weighted by Crippen LogP contribution is -2.38. The molecule has 1 unspecified atom stereocenters. The largest absolute Gasteiger partial charge is 0.492 e. The normalized spacial score (nSPS) is 17.1. The number of carbonyl (C=O) groups is 1. The minimum Gasteiger partial charge on any atom is -0.492 e. The summed E-state index contributed by atoms with van der Waals surface area (Å²) in [6.45, 7) is 1.48. The number of hydrogen-bond donors (Lipinski definition) is 2. The highest BCUT2D eigenvalue weighted by Gasteiger charge is 2.26. The third-order valence-electron chi connectivity index (χ3n) is 4.27. The van der Waals surface area contributed by atoms with Gasteiger partial charge in [-0.2, -0.15) is 0 Å². The van der Waals surface area contributed by atoms with Crippen LogP contribution in [0.2, 0.25) is 0 Å². The van der Waals surface area contributed by atoms with Gasteiger partial charge < -0.3 is 9.84 Å². The third-order valence-corrected chi connectivity index (χ3v) is 5.77. The first-order chi connectivity index (χ1) is 12.3. The van der Waals surface area contributed by atoms with Gasteiger partial charge >= 0.3 is 5.97 Å². The van der Waals surface area contributed by atoms with E-state index in [9.17, 15) is 17.6 Å². The van der Waals surface area contributed by atoms with Crippen molar-refractivity contribution in [3.8, 4) is 5.75 Å². The molecule has 0 fully saturated rings. The van der Waals surface area contributed by atoms with Crippen molar-refractivity contribution in [3.05, 3.63) is 58.9 Å². The topological polar surface area (TPSA) is 92.7 Å². The number of sulfonamides is 1. The fraction of sp³-hybridized carbons (Fsp3) is 0.278. The zero-order valence-electron chi connectivity index (χ0n) is 14.0. The van der Waals surface area contributed by atoms with Crippen molar-refractivity contribution in [2.75, 3.05) is 6.61 Å². The molecule has 3 rings (SSSR count). The predicted molar refractivity (Wildman–Crippen MR) is 92.5 cm³/mol. The molecule has 0 bridgehead atoms. The summed E-state index contributed by atoms with van der Waals surface area (Å²) in [6, 6.07) is 8.96. The molecule has 8 heteroatoms. The molecule has 2 aromatic rings. The van der Waals surface area contributed by atoms with Gasteiger partial charge in [-0.1, -0.05) is 18.2 Å². The number of aromatic carboxylic acids is 1. The molecule has 2 N–H and O–H groups in total. The summed E-state index contributed by atoms with van der Waals surface area (Å²) in [7, 11) is -4.02. The van der Waals surface area contributed by atoms with Crippen LogP contribution in [0, 0.1) is 12.7 Å². The molecular formula is C18H18FNO5S. The van der Waals surface area contributed by atoms with Gasteiger partial charge in [0.25, 0.3) is 0 Å². The summed E-state index contributed by atoms with van der Waals surface area (Å²) < 4.78 is 47.3. The fourth-order valence-electron chi connectivity index (χ4n) is 2.88. The van der Waals surface area contributed by atoms with Gasteiger partial charge in [0, 0.05) is 0 Å². The molecule has 1 aliphatic heterocycles. The number of rotatable bonds is 4. The monoisotopic (exact) mass is 379 g/mol. The second-order valence-electron chi connectivity index (χ2n) is 6.18. The minimum absolute atomic E-state index is 0.0465. The summed E-state index contributed by atoms with van der Waals surface area (Å²) in [6.07, 6.45) is 1.17. The zero-order valence-corrected chi connectivity index (χ0v) is 14.8. The first kappa shape index (κ1) is 18.3. The molecule has 0 spiro atoms. The lowest BCUT2D eigenvalue weighted by atomic mass is 10.1. The lowest BCUT2D eigenvalue weighted by molar-refractivity contribution is 0.0691. The second kappa shape index (κ2) is 7.05. The number of halogens is 1. The quantitative estimate of drug-likeness (QED) is 0.852. The number of fused-ring (bicyclic) bond motifs is 1. The first-order valence-corrected chi connectivity index (χ1v) is 9.53. The molecule has 6 nitrogen and oxygen atoms in total. The summed E-state index contributed by atoms with van der Waals surface area (Å²) in [5.41, 5.74) is 0.282. The molecule has 0 saturated heterocycles. The Bertz CT molecular complexity index is 931. The van der Waals surface area contributed by atoms with Crippen LogP contribution in [0.25, 0.3) is 0 Å². The number of nitrogens with one attached hydrogen (secondary N) is 1. The van der Waals surface area contributed by atoms with Crippen molar-refractivity contribution >= 4 is 16.0 Å². The van der Waals surface area contributed by atoms with Gasteiger partial charge in [0.2, 0.25) is 10.0 Å². The van der Waals surface area contributed by atoms with E-state index in [1.54, 1.807) is 0 Å². The van der Waals surface area contributed by atoms with Crippen molar-refractivity contribution in [1.29, 1.82) is 0 Å². The van der Waals surface area contributed by atoms with Gasteiger partial charge in [-0.25, -0.2) is 22.3 Å². The lowest BCUT2D eigenvalue weighted by Gasteiger charge is -2.17. The van der Waals surface area contributed by atoms with Crippen molar-refractivity contribution in [2.24, 2.45) is 0 Å². The average molecular weight is 379 g/mol. The molecule has 2 aromatic carbocycles. The molecule has 1 heterocycles. The molecule has 0 aromatic heterocycles. The number of carboxylic acid groups (broad SMARTS) is 1. The number of para-hydroxylation sites is 1. The Morgan fingerprint density at radius 1 is 1.31 bits per heavy atom. The van der Waals surface area contributed by atoms with Crippen molar-refractivity contribution in [2.45, 2.75) is 30.7 Å². The van der Waals surface area contributed by atoms with Gasteiger partial charge in [0.05, 0.1) is 16.5 Å². The molecule has 1 atom stereocenters. The number of carboxylic acids is 1. The third kappa shape index (κ3) is 3.71. The van der Waals surface area contributed by atoms with E-state index in [-0.39, 0.29) is 17.1 Å². The molecule has 0 radical (unpaired) electrons. The Hall–Kier alpha value is -2.45. The van der Waals surface area contributed by atoms with Crippen molar-refractivity contribution in [1.82, 2.24) is 4.72 Å². The van der Waals surface area contributed by atoms with E-state index in [0.717, 1.165) is 23.4 Å². The number of hydrogen-bond acceptors (Lipinski definition) is 4. The van der Waals surface area contributed by atoms with E-state index in [1.807, 2.05) is 24.3 Å². The van der Waals surface area contributed by atoms with E-state index in [1.165, 1.54) is 6.92 Å². The van der Waals surface area contributed by atoms with Crippen LogP contribution < -0.4 is 9.46 Å². The van der Waals surface area contributed by atoms with Crippen LogP contribution >= 0.6 is 0 Å². The summed E-state index contributed by atoms with van der Waals surface area (Å²) in [5.74, 6) is -1.74. The summed E-state index contributed by atoms with van der Waals surface area (Å²) >= 11 is 0. The highest BCUT2D eigenvalue weighted by Crippen LogP contribution is 2.25. The van der Waals surface area contributed by atoms with E-state index in [2.05, 4.69) is 4.72 Å². The Morgan fingerprint density at radius 2 is 2.04 bits per heavy atom. The number of aryl methyl sites for hydroxylation is 2. The van der Waals surface area contributed by atoms with Crippen LogP contribution in [0.5, 0.6) is 5.75 Å². The van der Waals surface area contributed by atoms with Crippen LogP contribution in [-0.2, 0) is 16.4 Å². The highest BCUT2D eigenvalue weighted by atomic mass is 32.2. The van der Waals surface area contributed by atoms with Gasteiger partial charge in [0.1, 0.15) is 18.2 Å². The van der Waals surface area contributed by atoms with Gasteiger partial charge in [-0.15, -0.1) is 0 Å². The summed E-state index contributed by atoms with van der Waals surface area (Å²) in [5, 5.41) is 9.06. The van der Waals surface area contributed by atoms with Gasteiger partial charge in [-0.05, 0) is 49.1 Å². The Kier molecular flexibility index (Phi) is 4.97. The molecule has 0 saturated carbocycles. The maximum atomic E-state index is 13.9. The summed E-state index contributed by atoms with van der Waals surface area (Å²) in [4.78, 5) is 10.9. The van der Waals surface area contributed by atoms with Crippen LogP contribution in [0.4, 0.5) is 4.39 Å². The van der Waals surface area contributed by atoms with Gasteiger partial charge in [0.15, 0.2) is 0 Å². The maximum Gasteiger partial charge on any atom is 0.338 e. The highest BCUT2D eigenvalue weighted by molar-refractivity contribution is 7.89. The number of ether oxygens (including phenoxy) is 1. The van der Waals surface area contributed by atoms with Crippen LogP contribution in [0.1, 0.15) is 27.9 Å². The van der Waals surface area contributed by atoms with E-state index in [4.69, 9.17) is 9.84 Å². The van der Waals surface area contributed by atoms with Crippen LogP contribution in [0.3, 0.4) is 0 Å².